The van der Waals surface area contributed by atoms with Crippen LogP contribution in [0.4, 0.5) is 5.82 Å². The molecule has 0 fully saturated rings. The molecule has 0 unspecified atom stereocenters. The van der Waals surface area contributed by atoms with Gasteiger partial charge >= 0.3 is 0 Å². The molecule has 1 N–H and O–H groups in total. The Bertz CT molecular complexity index is 551. The van der Waals surface area contributed by atoms with Gasteiger partial charge in [-0.05, 0) is 24.6 Å². The lowest BCUT2D eigenvalue weighted by Gasteiger charge is -2.10. The number of nitrogens with one attached hydrogen (secondary N) is 1. The fourth-order valence-corrected chi connectivity index (χ4v) is 2.01. The van der Waals surface area contributed by atoms with E-state index in [1.54, 1.807) is 13.2 Å². The summed E-state index contributed by atoms with van der Waals surface area (Å²) in [5.74, 6) is 1.88. The molecular weight excluding hydrogens is 334 g/mol. The molecule has 0 amide bonds. The van der Waals surface area contributed by atoms with Crippen LogP contribution in [-0.4, -0.2) is 23.6 Å². The third-order valence-electron chi connectivity index (χ3n) is 2.68. The summed E-state index contributed by atoms with van der Waals surface area (Å²) in [6.07, 6.45) is 0. The van der Waals surface area contributed by atoms with Crippen LogP contribution in [0.25, 0.3) is 0 Å². The number of ether oxygens (including phenoxy) is 2. The first kappa shape index (κ1) is 15.7. The smallest absolute Gasteiger partial charge is 0.219 e. The SMILES string of the molecule is CCNc1cc(OCc2ccc(Br)cc2)nc(COC)n1. The van der Waals surface area contributed by atoms with Crippen molar-refractivity contribution >= 4 is 21.7 Å². The molecule has 0 aliphatic heterocycles. The van der Waals surface area contributed by atoms with Gasteiger partial charge in [0.2, 0.25) is 5.88 Å². The minimum Gasteiger partial charge on any atom is -0.473 e. The number of benzene rings is 1. The summed E-state index contributed by atoms with van der Waals surface area (Å²) in [6, 6.07) is 9.78. The van der Waals surface area contributed by atoms with Gasteiger partial charge in [0.25, 0.3) is 0 Å². The molecule has 112 valence electrons. The van der Waals surface area contributed by atoms with Gasteiger partial charge in [0, 0.05) is 24.2 Å². The molecule has 21 heavy (non-hydrogen) atoms. The molecule has 0 aliphatic carbocycles. The van der Waals surface area contributed by atoms with Crippen LogP contribution < -0.4 is 10.1 Å². The summed E-state index contributed by atoms with van der Waals surface area (Å²) in [5, 5.41) is 3.16. The van der Waals surface area contributed by atoms with Gasteiger partial charge in [0.15, 0.2) is 5.82 Å². The Morgan fingerprint density at radius 1 is 1.14 bits per heavy atom. The maximum absolute atomic E-state index is 5.74. The van der Waals surface area contributed by atoms with E-state index >= 15 is 0 Å². The lowest BCUT2D eigenvalue weighted by Crippen LogP contribution is -2.07. The molecule has 6 heteroatoms. The van der Waals surface area contributed by atoms with E-state index in [0.717, 1.165) is 22.4 Å². The van der Waals surface area contributed by atoms with Crippen molar-refractivity contribution in [1.82, 2.24) is 9.97 Å². The normalized spacial score (nSPS) is 10.4. The average Bonchev–Trinajstić information content (AvgIpc) is 2.47. The second-order valence-corrected chi connectivity index (χ2v) is 5.30. The molecule has 0 saturated heterocycles. The van der Waals surface area contributed by atoms with Crippen molar-refractivity contribution in [3.8, 4) is 5.88 Å². The molecule has 0 spiro atoms. The topological polar surface area (TPSA) is 56.3 Å². The van der Waals surface area contributed by atoms with E-state index in [1.165, 1.54) is 0 Å². The number of nitrogens with zero attached hydrogens (tertiary/aromatic N) is 2. The van der Waals surface area contributed by atoms with Crippen LogP contribution in [0, 0.1) is 0 Å². The van der Waals surface area contributed by atoms with Gasteiger partial charge in [0.05, 0.1) is 0 Å². The van der Waals surface area contributed by atoms with Gasteiger partial charge in [-0.25, -0.2) is 4.98 Å². The van der Waals surface area contributed by atoms with Gasteiger partial charge in [-0.3, -0.25) is 0 Å². The van der Waals surface area contributed by atoms with Gasteiger partial charge < -0.3 is 14.8 Å². The zero-order valence-electron chi connectivity index (χ0n) is 12.1. The van der Waals surface area contributed by atoms with Crippen LogP contribution in [0.15, 0.2) is 34.8 Å². The van der Waals surface area contributed by atoms with E-state index in [-0.39, 0.29) is 0 Å². The Morgan fingerprint density at radius 3 is 2.57 bits per heavy atom. The largest absolute Gasteiger partial charge is 0.473 e. The Balaban J connectivity index is 2.08. The molecule has 0 atom stereocenters. The predicted octanol–water partition coefficient (Wildman–Crippen LogP) is 3.40. The van der Waals surface area contributed by atoms with E-state index in [4.69, 9.17) is 9.47 Å². The van der Waals surface area contributed by atoms with Crippen molar-refractivity contribution in [3.63, 3.8) is 0 Å². The van der Waals surface area contributed by atoms with Crippen molar-refractivity contribution in [2.75, 3.05) is 19.0 Å². The van der Waals surface area contributed by atoms with Crippen molar-refractivity contribution in [2.24, 2.45) is 0 Å². The Hall–Kier alpha value is -1.66. The predicted molar refractivity (Wildman–Crippen MR) is 85.4 cm³/mol. The fraction of sp³-hybridized carbons (Fsp3) is 0.333. The van der Waals surface area contributed by atoms with Gasteiger partial charge in [-0.1, -0.05) is 28.1 Å². The third kappa shape index (κ3) is 4.99. The fourth-order valence-electron chi connectivity index (χ4n) is 1.75. The molecular formula is C15H18BrN3O2. The molecule has 2 rings (SSSR count). The molecule has 1 aromatic carbocycles. The molecule has 0 radical (unpaired) electrons. The Labute approximate surface area is 132 Å². The number of anilines is 1. The summed E-state index contributed by atoms with van der Waals surface area (Å²) < 4.78 is 11.9. The zero-order chi connectivity index (χ0) is 15.1. The third-order valence-corrected chi connectivity index (χ3v) is 3.21. The van der Waals surface area contributed by atoms with E-state index in [1.807, 2.05) is 31.2 Å². The first-order chi connectivity index (χ1) is 10.2. The molecule has 5 nitrogen and oxygen atoms in total. The van der Waals surface area contributed by atoms with Gasteiger partial charge in [-0.2, -0.15) is 4.98 Å². The minimum atomic E-state index is 0.355. The number of aromatic nitrogens is 2. The summed E-state index contributed by atoms with van der Waals surface area (Å²) in [4.78, 5) is 8.68. The van der Waals surface area contributed by atoms with Crippen LogP contribution in [0.3, 0.4) is 0 Å². The molecule has 1 heterocycles. The van der Waals surface area contributed by atoms with Crippen LogP contribution in [0.1, 0.15) is 18.3 Å². The first-order valence-electron chi connectivity index (χ1n) is 6.69. The highest BCUT2D eigenvalue weighted by Crippen LogP contribution is 2.17. The van der Waals surface area contributed by atoms with E-state index in [0.29, 0.717) is 24.9 Å². The summed E-state index contributed by atoms with van der Waals surface area (Å²) in [5.41, 5.74) is 1.08. The van der Waals surface area contributed by atoms with Crippen LogP contribution in [-0.2, 0) is 18.0 Å². The summed E-state index contributed by atoms with van der Waals surface area (Å²) in [7, 11) is 1.62. The number of hydrogen-bond donors (Lipinski definition) is 1. The Morgan fingerprint density at radius 2 is 1.90 bits per heavy atom. The first-order valence-corrected chi connectivity index (χ1v) is 7.48. The van der Waals surface area contributed by atoms with E-state index in [2.05, 4.69) is 31.2 Å². The molecule has 2 aromatic rings. The summed E-state index contributed by atoms with van der Waals surface area (Å²) >= 11 is 3.41. The van der Waals surface area contributed by atoms with Crippen LogP contribution >= 0.6 is 15.9 Å². The van der Waals surface area contributed by atoms with Crippen molar-refractivity contribution in [2.45, 2.75) is 20.1 Å². The minimum absolute atomic E-state index is 0.355. The summed E-state index contributed by atoms with van der Waals surface area (Å²) in [6.45, 7) is 3.62. The maximum atomic E-state index is 5.74. The van der Waals surface area contributed by atoms with Crippen molar-refractivity contribution < 1.29 is 9.47 Å². The van der Waals surface area contributed by atoms with E-state index in [9.17, 15) is 0 Å². The quantitative estimate of drug-likeness (QED) is 0.828. The highest BCUT2D eigenvalue weighted by Gasteiger charge is 2.06. The standard InChI is InChI=1S/C15H18BrN3O2/c1-3-17-13-8-15(19-14(18-13)10-20-2)21-9-11-4-6-12(16)7-5-11/h4-8H,3,9-10H2,1-2H3,(H,17,18,19). The average molecular weight is 352 g/mol. The monoisotopic (exact) mass is 351 g/mol. The van der Waals surface area contributed by atoms with Crippen LogP contribution in [0.2, 0.25) is 0 Å². The van der Waals surface area contributed by atoms with Gasteiger partial charge in [0.1, 0.15) is 19.0 Å². The van der Waals surface area contributed by atoms with E-state index < -0.39 is 0 Å². The lowest BCUT2D eigenvalue weighted by atomic mass is 10.2. The molecule has 0 aliphatic rings. The van der Waals surface area contributed by atoms with Crippen molar-refractivity contribution in [3.05, 3.63) is 46.2 Å². The second kappa shape index (κ2) is 7.95. The van der Waals surface area contributed by atoms with Gasteiger partial charge in [-0.15, -0.1) is 0 Å². The number of halogens is 1. The molecule has 0 bridgehead atoms. The second-order valence-electron chi connectivity index (χ2n) is 4.39. The van der Waals surface area contributed by atoms with Crippen molar-refractivity contribution in [1.29, 1.82) is 0 Å². The Kier molecular flexibility index (Phi) is 5.95. The van der Waals surface area contributed by atoms with Crippen LogP contribution in [0.5, 0.6) is 5.88 Å². The number of hydrogen-bond acceptors (Lipinski definition) is 5. The number of rotatable bonds is 7. The highest BCUT2D eigenvalue weighted by molar-refractivity contribution is 9.10. The molecule has 0 saturated carbocycles. The zero-order valence-corrected chi connectivity index (χ0v) is 13.7. The highest BCUT2D eigenvalue weighted by atomic mass is 79.9. The molecule has 1 aromatic heterocycles. The lowest BCUT2D eigenvalue weighted by molar-refractivity contribution is 0.176. The number of methoxy groups -OCH3 is 1. The maximum Gasteiger partial charge on any atom is 0.219 e.